The Hall–Kier alpha value is -2.18. The molecule has 0 saturated carbocycles. The summed E-state index contributed by atoms with van der Waals surface area (Å²) in [5.41, 5.74) is -1.92. The lowest BCUT2D eigenvalue weighted by molar-refractivity contribution is -0.144. The van der Waals surface area contributed by atoms with E-state index >= 15 is 0 Å². The smallest absolute Gasteiger partial charge is 0.432 e. The molecule has 0 spiro atoms. The Morgan fingerprint density at radius 2 is 1.90 bits per heavy atom. The van der Waals surface area contributed by atoms with Gasteiger partial charge in [-0.25, -0.2) is 4.79 Å². The fourth-order valence-electron chi connectivity index (χ4n) is 2.33. The van der Waals surface area contributed by atoms with Gasteiger partial charge in [-0.1, -0.05) is 0 Å². The van der Waals surface area contributed by atoms with Crippen molar-refractivity contribution in [2.24, 2.45) is 0 Å². The third kappa shape index (κ3) is 2.09. The van der Waals surface area contributed by atoms with Crippen LogP contribution in [0.1, 0.15) is 35.9 Å². The fraction of sp³-hybridized carbons (Fsp3) is 0.308. The highest BCUT2D eigenvalue weighted by Gasteiger charge is 2.41. The Kier molecular flexibility index (Phi) is 3.15. The number of hydrogen-bond donors (Lipinski definition) is 2. The summed E-state index contributed by atoms with van der Waals surface area (Å²) < 4.78 is 40.6. The minimum absolute atomic E-state index is 0.126. The highest BCUT2D eigenvalue weighted by molar-refractivity contribution is 6.05. The van der Waals surface area contributed by atoms with Gasteiger partial charge in [0.1, 0.15) is 11.4 Å². The van der Waals surface area contributed by atoms with E-state index in [1.807, 2.05) is 0 Å². The van der Waals surface area contributed by atoms with Crippen LogP contribution in [0.5, 0.6) is 5.75 Å². The first-order valence-electron chi connectivity index (χ1n) is 5.82. The van der Waals surface area contributed by atoms with Crippen molar-refractivity contribution >= 4 is 16.9 Å². The number of aromatic nitrogens is 1. The highest BCUT2D eigenvalue weighted by atomic mass is 19.4. The van der Waals surface area contributed by atoms with Gasteiger partial charge in [0, 0.05) is 16.9 Å². The van der Waals surface area contributed by atoms with Gasteiger partial charge < -0.3 is 14.8 Å². The van der Waals surface area contributed by atoms with Gasteiger partial charge in [0.15, 0.2) is 0 Å². The van der Waals surface area contributed by atoms with Crippen molar-refractivity contribution in [1.29, 1.82) is 0 Å². The second kappa shape index (κ2) is 4.43. The molecule has 2 aromatic rings. The molecule has 7 heteroatoms. The molecule has 1 aromatic carbocycles. The largest absolute Gasteiger partial charge is 0.508 e. The molecule has 2 N–H and O–H groups in total. The summed E-state index contributed by atoms with van der Waals surface area (Å²) in [5, 5.41) is 18.4. The lowest BCUT2D eigenvalue weighted by atomic mass is 10.1. The molecule has 20 heavy (non-hydrogen) atoms. The summed E-state index contributed by atoms with van der Waals surface area (Å²) in [5.74, 6) is -1.96. The van der Waals surface area contributed by atoms with Crippen LogP contribution in [-0.2, 0) is 6.18 Å². The average Bonchev–Trinajstić information content (AvgIpc) is 2.62. The number of fused-ring (bicyclic) bond motifs is 1. The van der Waals surface area contributed by atoms with Gasteiger partial charge >= 0.3 is 12.1 Å². The van der Waals surface area contributed by atoms with Crippen LogP contribution in [0.4, 0.5) is 13.2 Å². The number of benzene rings is 1. The molecule has 4 nitrogen and oxygen atoms in total. The maximum atomic E-state index is 13.2. The van der Waals surface area contributed by atoms with Crippen LogP contribution in [0.3, 0.4) is 0 Å². The molecule has 0 atom stereocenters. The van der Waals surface area contributed by atoms with E-state index in [1.54, 1.807) is 0 Å². The number of phenols is 1. The van der Waals surface area contributed by atoms with Crippen molar-refractivity contribution < 1.29 is 28.2 Å². The number of aromatic carboxylic acids is 1. The Bertz CT molecular complexity index is 686. The standard InChI is InChI=1S/C13H12F3NO3/c1-6(2)17-9-4-3-7(18)5-8(9)10(12(19)20)11(17)13(14,15)16/h3-6,18H,1-2H3,(H,19,20). The predicted molar refractivity (Wildman–Crippen MR) is 65.9 cm³/mol. The minimum Gasteiger partial charge on any atom is -0.508 e. The molecule has 1 heterocycles. The van der Waals surface area contributed by atoms with E-state index in [1.165, 1.54) is 26.0 Å². The van der Waals surface area contributed by atoms with Gasteiger partial charge in [0.25, 0.3) is 0 Å². The van der Waals surface area contributed by atoms with Crippen molar-refractivity contribution in [1.82, 2.24) is 4.57 Å². The summed E-state index contributed by atoms with van der Waals surface area (Å²) in [6.45, 7) is 3.07. The molecule has 0 unspecified atom stereocenters. The first-order valence-corrected chi connectivity index (χ1v) is 5.82. The summed E-state index contributed by atoms with van der Waals surface area (Å²) in [6, 6.07) is 2.97. The van der Waals surface area contributed by atoms with E-state index in [9.17, 15) is 23.1 Å². The van der Waals surface area contributed by atoms with E-state index in [0.717, 1.165) is 10.6 Å². The fourth-order valence-corrected chi connectivity index (χ4v) is 2.33. The number of carboxylic acids is 1. The van der Waals surface area contributed by atoms with Crippen LogP contribution in [0.15, 0.2) is 18.2 Å². The molecule has 0 radical (unpaired) electrons. The molecule has 0 aliphatic carbocycles. The number of alkyl halides is 3. The number of phenolic OH excluding ortho intramolecular Hbond substituents is 1. The van der Waals surface area contributed by atoms with Gasteiger partial charge in [-0.05, 0) is 32.0 Å². The van der Waals surface area contributed by atoms with Gasteiger partial charge in [0.2, 0.25) is 0 Å². The number of hydrogen-bond acceptors (Lipinski definition) is 2. The van der Waals surface area contributed by atoms with Crippen LogP contribution >= 0.6 is 0 Å². The topological polar surface area (TPSA) is 62.5 Å². The lowest BCUT2D eigenvalue weighted by Crippen LogP contribution is -2.18. The third-order valence-corrected chi connectivity index (χ3v) is 2.99. The van der Waals surface area contributed by atoms with Crippen molar-refractivity contribution in [3.63, 3.8) is 0 Å². The normalized spacial score (nSPS) is 12.3. The molecule has 0 fully saturated rings. The SMILES string of the molecule is CC(C)n1c(C(F)(F)F)c(C(=O)O)c2cc(O)ccc21. The van der Waals surface area contributed by atoms with Gasteiger partial charge in [-0.2, -0.15) is 13.2 Å². The minimum atomic E-state index is -4.80. The summed E-state index contributed by atoms with van der Waals surface area (Å²) in [4.78, 5) is 11.2. The van der Waals surface area contributed by atoms with Gasteiger partial charge in [-0.15, -0.1) is 0 Å². The Morgan fingerprint density at radius 1 is 1.30 bits per heavy atom. The van der Waals surface area contributed by atoms with Crippen molar-refractivity contribution in [2.75, 3.05) is 0 Å². The molecule has 0 aliphatic heterocycles. The van der Waals surface area contributed by atoms with Crippen LogP contribution in [0.25, 0.3) is 10.9 Å². The summed E-state index contributed by atoms with van der Waals surface area (Å²) in [7, 11) is 0. The number of carboxylic acid groups (broad SMARTS) is 1. The molecule has 2 rings (SSSR count). The third-order valence-electron chi connectivity index (χ3n) is 2.99. The van der Waals surface area contributed by atoms with Crippen molar-refractivity contribution in [2.45, 2.75) is 26.1 Å². The summed E-state index contributed by atoms with van der Waals surface area (Å²) >= 11 is 0. The first kappa shape index (κ1) is 14.2. The number of nitrogens with zero attached hydrogens (tertiary/aromatic N) is 1. The molecule has 1 aromatic heterocycles. The van der Waals surface area contributed by atoms with Crippen LogP contribution in [0, 0.1) is 0 Å². The molecule has 108 valence electrons. The zero-order valence-electron chi connectivity index (χ0n) is 10.7. The number of aromatic hydroxyl groups is 1. The molecule has 0 saturated heterocycles. The van der Waals surface area contributed by atoms with Crippen molar-refractivity contribution in [3.8, 4) is 5.75 Å². The molecular formula is C13H12F3NO3. The van der Waals surface area contributed by atoms with E-state index < -0.39 is 29.4 Å². The maximum absolute atomic E-state index is 13.2. The molecule has 0 aliphatic rings. The molecule has 0 amide bonds. The Balaban J connectivity index is 3.03. The number of halogens is 3. The van der Waals surface area contributed by atoms with Gasteiger partial charge in [-0.3, -0.25) is 0 Å². The molecular weight excluding hydrogens is 275 g/mol. The second-order valence-electron chi connectivity index (χ2n) is 4.69. The van der Waals surface area contributed by atoms with E-state index in [2.05, 4.69) is 0 Å². The maximum Gasteiger partial charge on any atom is 0.432 e. The molecule has 0 bridgehead atoms. The predicted octanol–water partition coefficient (Wildman–Crippen LogP) is 3.64. The lowest BCUT2D eigenvalue weighted by Gasteiger charge is -2.17. The van der Waals surface area contributed by atoms with Crippen molar-refractivity contribution in [3.05, 3.63) is 29.5 Å². The zero-order valence-corrected chi connectivity index (χ0v) is 10.7. The van der Waals surface area contributed by atoms with Crippen LogP contribution < -0.4 is 0 Å². The second-order valence-corrected chi connectivity index (χ2v) is 4.69. The Morgan fingerprint density at radius 3 is 2.35 bits per heavy atom. The number of rotatable bonds is 2. The van der Waals surface area contributed by atoms with Gasteiger partial charge in [0.05, 0.1) is 5.56 Å². The van der Waals surface area contributed by atoms with E-state index in [-0.39, 0.29) is 16.7 Å². The first-order chi connectivity index (χ1) is 9.14. The highest BCUT2D eigenvalue weighted by Crippen LogP contribution is 2.40. The Labute approximate surface area is 112 Å². The van der Waals surface area contributed by atoms with Crippen LogP contribution in [0.2, 0.25) is 0 Å². The van der Waals surface area contributed by atoms with Crippen LogP contribution in [-0.4, -0.2) is 20.7 Å². The zero-order chi connectivity index (χ0) is 15.2. The summed E-state index contributed by atoms with van der Waals surface area (Å²) in [6.07, 6.45) is -4.80. The van der Waals surface area contributed by atoms with E-state index in [4.69, 9.17) is 5.11 Å². The van der Waals surface area contributed by atoms with E-state index in [0.29, 0.717) is 0 Å². The average molecular weight is 287 g/mol. The quantitative estimate of drug-likeness (QED) is 0.886. The number of carbonyl (C=O) groups is 1. The monoisotopic (exact) mass is 287 g/mol.